The maximum Gasteiger partial charge on any atom is 0.241 e. The quantitative estimate of drug-likeness (QED) is 0.742. The first-order valence-electron chi connectivity index (χ1n) is 6.34. The minimum absolute atomic E-state index is 0.0732. The van der Waals surface area contributed by atoms with Crippen molar-refractivity contribution in [1.29, 1.82) is 0 Å². The van der Waals surface area contributed by atoms with E-state index in [1.807, 2.05) is 34.5 Å². The Hall–Kier alpha value is -2.14. The maximum absolute atomic E-state index is 11.9. The van der Waals surface area contributed by atoms with E-state index in [2.05, 4.69) is 17.1 Å². The molecule has 0 aromatic carbocycles. The maximum atomic E-state index is 11.9. The molecule has 0 saturated carbocycles. The summed E-state index contributed by atoms with van der Waals surface area (Å²) in [4.78, 5) is 19.1. The van der Waals surface area contributed by atoms with E-state index in [0.717, 1.165) is 16.6 Å². The van der Waals surface area contributed by atoms with Crippen LogP contribution in [0.15, 0.2) is 42.0 Å². The van der Waals surface area contributed by atoms with Crippen LogP contribution in [0.1, 0.15) is 0 Å². The molecule has 0 N–H and O–H groups in total. The molecule has 5 heteroatoms. The number of rotatable bonds is 3. The summed E-state index contributed by atoms with van der Waals surface area (Å²) in [6.45, 7) is 0.339. The molecule has 0 saturated heterocycles. The third-order valence-electron chi connectivity index (χ3n) is 3.23. The van der Waals surface area contributed by atoms with Crippen LogP contribution in [0.4, 0.5) is 0 Å². The van der Waals surface area contributed by atoms with Crippen molar-refractivity contribution < 1.29 is 4.79 Å². The van der Waals surface area contributed by atoms with Crippen molar-refractivity contribution in [2.24, 2.45) is 0 Å². The van der Waals surface area contributed by atoms with E-state index < -0.39 is 0 Å². The van der Waals surface area contributed by atoms with E-state index in [1.165, 1.54) is 4.88 Å². The molecule has 4 nitrogen and oxygen atoms in total. The van der Waals surface area contributed by atoms with Gasteiger partial charge in [-0.25, -0.2) is 0 Å². The van der Waals surface area contributed by atoms with Crippen LogP contribution in [0.25, 0.3) is 21.5 Å². The molecule has 0 radical (unpaired) electrons. The lowest BCUT2D eigenvalue weighted by Crippen LogP contribution is -2.25. The van der Waals surface area contributed by atoms with Gasteiger partial charge in [-0.15, -0.1) is 11.3 Å². The van der Waals surface area contributed by atoms with Crippen molar-refractivity contribution in [3.63, 3.8) is 0 Å². The van der Waals surface area contributed by atoms with E-state index in [0.29, 0.717) is 6.54 Å². The van der Waals surface area contributed by atoms with Crippen LogP contribution < -0.4 is 0 Å². The van der Waals surface area contributed by atoms with Gasteiger partial charge in [0, 0.05) is 36.9 Å². The summed E-state index contributed by atoms with van der Waals surface area (Å²) in [5.74, 6) is 0.0732. The molecule has 0 atom stereocenters. The van der Waals surface area contributed by atoms with E-state index in [9.17, 15) is 4.79 Å². The number of thiophene rings is 1. The number of nitrogens with zero attached hydrogens (tertiary/aromatic N) is 3. The molecule has 3 heterocycles. The van der Waals surface area contributed by atoms with Gasteiger partial charge < -0.3 is 9.47 Å². The lowest BCUT2D eigenvalue weighted by atomic mass is 10.2. The molecular weight excluding hydrogens is 270 g/mol. The average Bonchev–Trinajstić information content (AvgIpc) is 3.08. The number of fused-ring (bicyclic) bond motifs is 1. The minimum atomic E-state index is 0.0732. The Balaban J connectivity index is 2.02. The fourth-order valence-corrected chi connectivity index (χ4v) is 2.77. The molecule has 102 valence electrons. The van der Waals surface area contributed by atoms with Crippen LogP contribution >= 0.6 is 11.3 Å². The molecule has 0 bridgehead atoms. The zero-order chi connectivity index (χ0) is 14.1. The zero-order valence-corrected chi connectivity index (χ0v) is 12.2. The number of carbonyl (C=O) groups excluding carboxylic acids is 1. The van der Waals surface area contributed by atoms with E-state index in [4.69, 9.17) is 0 Å². The number of amides is 1. The van der Waals surface area contributed by atoms with Gasteiger partial charge in [0.1, 0.15) is 6.54 Å². The van der Waals surface area contributed by atoms with Gasteiger partial charge in [-0.2, -0.15) is 0 Å². The van der Waals surface area contributed by atoms with Gasteiger partial charge >= 0.3 is 0 Å². The Morgan fingerprint density at radius 3 is 2.95 bits per heavy atom. The standard InChI is InChI=1S/C15H15N3OS/c1-17(2)15(19)10-18-6-5-12-13(18)8-11(9-16-12)14-4-3-7-20-14/h3-9H,10H2,1-2H3. The fraction of sp³-hybridized carbons (Fsp3) is 0.200. The first-order chi connectivity index (χ1) is 9.65. The molecular formula is C15H15N3OS. The highest BCUT2D eigenvalue weighted by molar-refractivity contribution is 7.13. The highest BCUT2D eigenvalue weighted by Crippen LogP contribution is 2.27. The summed E-state index contributed by atoms with van der Waals surface area (Å²) in [6.07, 6.45) is 3.80. The first kappa shape index (κ1) is 12.9. The number of hydrogen-bond acceptors (Lipinski definition) is 3. The lowest BCUT2D eigenvalue weighted by Gasteiger charge is -2.11. The highest BCUT2D eigenvalue weighted by Gasteiger charge is 2.10. The number of pyridine rings is 1. The molecule has 20 heavy (non-hydrogen) atoms. The van der Waals surface area contributed by atoms with Gasteiger partial charge in [0.2, 0.25) is 5.91 Å². The number of hydrogen-bond donors (Lipinski definition) is 0. The summed E-state index contributed by atoms with van der Waals surface area (Å²) < 4.78 is 1.95. The lowest BCUT2D eigenvalue weighted by molar-refractivity contribution is -0.129. The summed E-state index contributed by atoms with van der Waals surface area (Å²) in [7, 11) is 3.53. The SMILES string of the molecule is CN(C)C(=O)Cn1ccc2ncc(-c3cccs3)cc21. The summed E-state index contributed by atoms with van der Waals surface area (Å²) in [6, 6.07) is 8.14. The predicted octanol–water partition coefficient (Wildman–Crippen LogP) is 2.85. The summed E-state index contributed by atoms with van der Waals surface area (Å²) >= 11 is 1.69. The smallest absolute Gasteiger partial charge is 0.241 e. The predicted molar refractivity (Wildman–Crippen MR) is 81.7 cm³/mol. The van der Waals surface area contributed by atoms with Gasteiger partial charge in [-0.1, -0.05) is 6.07 Å². The highest BCUT2D eigenvalue weighted by atomic mass is 32.1. The van der Waals surface area contributed by atoms with Crippen molar-refractivity contribution in [1.82, 2.24) is 14.5 Å². The zero-order valence-electron chi connectivity index (χ0n) is 11.4. The first-order valence-corrected chi connectivity index (χ1v) is 7.22. The van der Waals surface area contributed by atoms with Gasteiger partial charge in [-0.05, 0) is 23.6 Å². The Labute approximate surface area is 121 Å². The molecule has 0 aliphatic rings. The topological polar surface area (TPSA) is 38.1 Å². The molecule has 0 aliphatic carbocycles. The number of carbonyl (C=O) groups is 1. The van der Waals surface area contributed by atoms with Crippen molar-refractivity contribution in [2.75, 3.05) is 14.1 Å². The van der Waals surface area contributed by atoms with Crippen LogP contribution in [0.3, 0.4) is 0 Å². The van der Waals surface area contributed by atoms with Crippen LogP contribution in [0.2, 0.25) is 0 Å². The number of aromatic nitrogens is 2. The van der Waals surface area contributed by atoms with Crippen molar-refractivity contribution in [2.45, 2.75) is 6.54 Å². The summed E-state index contributed by atoms with van der Waals surface area (Å²) in [5, 5.41) is 2.05. The fourth-order valence-electron chi connectivity index (χ4n) is 2.07. The summed E-state index contributed by atoms with van der Waals surface area (Å²) in [5.41, 5.74) is 2.99. The van der Waals surface area contributed by atoms with Crippen LogP contribution in [-0.2, 0) is 11.3 Å². The number of likely N-dealkylation sites (N-methyl/N-ethyl adjacent to an activating group) is 1. The monoisotopic (exact) mass is 285 g/mol. The molecule has 0 spiro atoms. The van der Waals surface area contributed by atoms with Crippen molar-refractivity contribution >= 4 is 28.3 Å². The van der Waals surface area contributed by atoms with Crippen molar-refractivity contribution in [3.8, 4) is 10.4 Å². The third-order valence-corrected chi connectivity index (χ3v) is 4.15. The van der Waals surface area contributed by atoms with Crippen molar-refractivity contribution in [3.05, 3.63) is 42.0 Å². The van der Waals surface area contributed by atoms with Gasteiger partial charge in [-0.3, -0.25) is 9.78 Å². The second-order valence-electron chi connectivity index (χ2n) is 4.84. The average molecular weight is 285 g/mol. The third kappa shape index (κ3) is 2.32. The second kappa shape index (κ2) is 5.09. The second-order valence-corrected chi connectivity index (χ2v) is 5.79. The van der Waals surface area contributed by atoms with Crippen LogP contribution in [0.5, 0.6) is 0 Å². The largest absolute Gasteiger partial charge is 0.347 e. The molecule has 1 amide bonds. The van der Waals surface area contributed by atoms with Gasteiger partial charge in [0.15, 0.2) is 0 Å². The minimum Gasteiger partial charge on any atom is -0.347 e. The molecule has 0 unspecified atom stereocenters. The Bertz CT molecular complexity index is 744. The van der Waals surface area contributed by atoms with E-state index in [-0.39, 0.29) is 5.91 Å². The normalized spacial score (nSPS) is 10.9. The molecule has 0 aliphatic heterocycles. The van der Waals surface area contributed by atoms with Crippen LogP contribution in [-0.4, -0.2) is 34.5 Å². The molecule has 3 rings (SSSR count). The molecule has 3 aromatic rings. The van der Waals surface area contributed by atoms with Gasteiger partial charge in [0.25, 0.3) is 0 Å². The van der Waals surface area contributed by atoms with E-state index >= 15 is 0 Å². The Morgan fingerprint density at radius 2 is 2.25 bits per heavy atom. The van der Waals surface area contributed by atoms with Crippen LogP contribution in [0, 0.1) is 0 Å². The van der Waals surface area contributed by atoms with E-state index in [1.54, 1.807) is 30.3 Å². The van der Waals surface area contributed by atoms with Gasteiger partial charge in [0.05, 0.1) is 11.0 Å². The Kier molecular flexibility index (Phi) is 3.28. The molecule has 3 aromatic heterocycles. The molecule has 0 fully saturated rings. The Morgan fingerprint density at radius 1 is 1.40 bits per heavy atom.